The molecule has 70 valence electrons. The molecule has 1 nitrogen and oxygen atoms in total. The molecular weight excluding hydrogens is 148 g/mol. The average Bonchev–Trinajstić information content (AvgIpc) is 1.96. The minimum atomic E-state index is -0.167. The minimum Gasteiger partial charge on any atom is -0.393 e. The Morgan fingerprint density at radius 2 is 1.92 bits per heavy atom. The molecule has 0 aromatic heterocycles. The quantitative estimate of drug-likeness (QED) is 0.642. The van der Waals surface area contributed by atoms with Gasteiger partial charge in [-0.2, -0.15) is 0 Å². The Labute approximate surface area is 76.2 Å². The van der Waals surface area contributed by atoms with Crippen LogP contribution in [0.25, 0.3) is 0 Å². The lowest BCUT2D eigenvalue weighted by molar-refractivity contribution is 0.162. The molecule has 0 radical (unpaired) electrons. The Kier molecular flexibility index (Phi) is 5.01. The molecule has 0 bridgehead atoms. The summed E-state index contributed by atoms with van der Waals surface area (Å²) in [6.07, 6.45) is 2.28. The normalized spacial score (nSPS) is 13.4. The van der Waals surface area contributed by atoms with Crippen molar-refractivity contribution < 1.29 is 5.11 Å². The van der Waals surface area contributed by atoms with Gasteiger partial charge in [-0.3, -0.25) is 0 Å². The van der Waals surface area contributed by atoms with Gasteiger partial charge in [0.2, 0.25) is 0 Å². The van der Waals surface area contributed by atoms with Gasteiger partial charge in [0.25, 0.3) is 0 Å². The predicted octanol–water partition coefficient (Wildman–Crippen LogP) is 2.59. The second-order valence-electron chi connectivity index (χ2n) is 4.15. The molecular formula is C11H20O. The maximum Gasteiger partial charge on any atom is 0.0546 e. The van der Waals surface area contributed by atoms with Gasteiger partial charge < -0.3 is 5.11 Å². The molecule has 0 heterocycles. The van der Waals surface area contributed by atoms with Crippen molar-refractivity contribution in [1.29, 1.82) is 0 Å². The monoisotopic (exact) mass is 168 g/mol. The van der Waals surface area contributed by atoms with Gasteiger partial charge >= 0.3 is 0 Å². The number of aliphatic hydroxyl groups excluding tert-OH is 1. The highest BCUT2D eigenvalue weighted by atomic mass is 16.3. The van der Waals surface area contributed by atoms with E-state index < -0.39 is 0 Å². The summed E-state index contributed by atoms with van der Waals surface area (Å²) in [5, 5.41) is 9.22. The molecule has 0 fully saturated rings. The van der Waals surface area contributed by atoms with Crippen LogP contribution in [0.5, 0.6) is 0 Å². The van der Waals surface area contributed by atoms with Crippen molar-refractivity contribution in [3.05, 3.63) is 0 Å². The van der Waals surface area contributed by atoms with Crippen molar-refractivity contribution in [2.75, 3.05) is 0 Å². The zero-order valence-corrected chi connectivity index (χ0v) is 8.65. The lowest BCUT2D eigenvalue weighted by Gasteiger charge is -2.07. The maximum absolute atomic E-state index is 9.22. The van der Waals surface area contributed by atoms with E-state index in [9.17, 15) is 5.11 Å². The summed E-state index contributed by atoms with van der Waals surface area (Å²) < 4.78 is 0. The molecule has 0 aliphatic rings. The van der Waals surface area contributed by atoms with E-state index in [0.29, 0.717) is 0 Å². The van der Waals surface area contributed by atoms with Gasteiger partial charge in [-0.1, -0.05) is 12.8 Å². The van der Waals surface area contributed by atoms with Crippen molar-refractivity contribution in [3.63, 3.8) is 0 Å². The Morgan fingerprint density at radius 3 is 2.33 bits per heavy atom. The Bertz CT molecular complexity index is 166. The van der Waals surface area contributed by atoms with Crippen LogP contribution in [0.4, 0.5) is 0 Å². The Morgan fingerprint density at radius 1 is 1.33 bits per heavy atom. The highest BCUT2D eigenvalue weighted by Crippen LogP contribution is 2.10. The number of hydrogen-bond donors (Lipinski definition) is 1. The standard InChI is InChI=1S/C11H20O/c1-5-10(12)8-6-7-9-11(2,3)4/h10,12H,5-6,8H2,1-4H3. The van der Waals surface area contributed by atoms with Crippen LogP contribution in [0.1, 0.15) is 47.0 Å². The Balaban J connectivity index is 3.60. The summed E-state index contributed by atoms with van der Waals surface area (Å²) in [5.41, 5.74) is 0.0944. The van der Waals surface area contributed by atoms with Gasteiger partial charge in [0.1, 0.15) is 0 Å². The van der Waals surface area contributed by atoms with Gasteiger partial charge in [-0.25, -0.2) is 0 Å². The third-order valence-corrected chi connectivity index (χ3v) is 1.54. The van der Waals surface area contributed by atoms with E-state index in [0.717, 1.165) is 19.3 Å². The van der Waals surface area contributed by atoms with Crippen LogP contribution in [0.2, 0.25) is 0 Å². The van der Waals surface area contributed by atoms with Gasteiger partial charge in [0.15, 0.2) is 0 Å². The van der Waals surface area contributed by atoms with E-state index in [2.05, 4.69) is 32.6 Å². The zero-order valence-electron chi connectivity index (χ0n) is 8.65. The summed E-state index contributed by atoms with van der Waals surface area (Å²) >= 11 is 0. The van der Waals surface area contributed by atoms with Crippen LogP contribution >= 0.6 is 0 Å². The predicted molar refractivity (Wildman–Crippen MR) is 52.8 cm³/mol. The molecule has 0 aliphatic carbocycles. The van der Waals surface area contributed by atoms with Crippen molar-refractivity contribution in [2.45, 2.75) is 53.1 Å². The third kappa shape index (κ3) is 7.63. The van der Waals surface area contributed by atoms with Crippen LogP contribution < -0.4 is 0 Å². The average molecular weight is 168 g/mol. The molecule has 1 unspecified atom stereocenters. The van der Waals surface area contributed by atoms with E-state index in [4.69, 9.17) is 0 Å². The van der Waals surface area contributed by atoms with E-state index in [1.165, 1.54) is 0 Å². The smallest absolute Gasteiger partial charge is 0.0546 e. The van der Waals surface area contributed by atoms with Gasteiger partial charge in [-0.05, 0) is 33.6 Å². The second kappa shape index (κ2) is 5.22. The summed E-state index contributed by atoms with van der Waals surface area (Å²) in [7, 11) is 0. The fraction of sp³-hybridized carbons (Fsp3) is 0.818. The fourth-order valence-electron chi connectivity index (χ4n) is 0.771. The highest BCUT2D eigenvalue weighted by molar-refractivity contribution is 5.07. The molecule has 1 heteroatoms. The summed E-state index contributed by atoms with van der Waals surface area (Å²) in [4.78, 5) is 0. The highest BCUT2D eigenvalue weighted by Gasteiger charge is 2.03. The summed E-state index contributed by atoms with van der Waals surface area (Å²) in [6.45, 7) is 8.27. The largest absolute Gasteiger partial charge is 0.393 e. The molecule has 1 N–H and O–H groups in total. The van der Waals surface area contributed by atoms with Crippen molar-refractivity contribution in [3.8, 4) is 11.8 Å². The lowest BCUT2D eigenvalue weighted by atomic mass is 9.97. The molecule has 0 rings (SSSR count). The van der Waals surface area contributed by atoms with Crippen LogP contribution in [-0.2, 0) is 0 Å². The van der Waals surface area contributed by atoms with E-state index in [1.54, 1.807) is 0 Å². The van der Waals surface area contributed by atoms with Gasteiger partial charge in [-0.15, -0.1) is 5.92 Å². The molecule has 1 atom stereocenters. The zero-order chi connectivity index (χ0) is 9.61. The summed E-state index contributed by atoms with van der Waals surface area (Å²) in [6, 6.07) is 0. The molecule has 0 aromatic rings. The second-order valence-corrected chi connectivity index (χ2v) is 4.15. The fourth-order valence-corrected chi connectivity index (χ4v) is 0.771. The van der Waals surface area contributed by atoms with Crippen LogP contribution in [0.15, 0.2) is 0 Å². The van der Waals surface area contributed by atoms with Gasteiger partial charge in [0, 0.05) is 11.8 Å². The van der Waals surface area contributed by atoms with E-state index in [-0.39, 0.29) is 11.5 Å². The number of rotatable bonds is 3. The summed E-state index contributed by atoms with van der Waals surface area (Å²) in [5.74, 6) is 6.22. The van der Waals surface area contributed by atoms with Crippen molar-refractivity contribution in [2.24, 2.45) is 5.41 Å². The van der Waals surface area contributed by atoms with Gasteiger partial charge in [0.05, 0.1) is 6.10 Å². The lowest BCUT2D eigenvalue weighted by Crippen LogP contribution is -2.03. The van der Waals surface area contributed by atoms with E-state index >= 15 is 0 Å². The number of hydrogen-bond acceptors (Lipinski definition) is 1. The number of aliphatic hydroxyl groups is 1. The first-order valence-electron chi connectivity index (χ1n) is 4.64. The Hall–Kier alpha value is -0.480. The van der Waals surface area contributed by atoms with Crippen LogP contribution in [-0.4, -0.2) is 11.2 Å². The van der Waals surface area contributed by atoms with Crippen molar-refractivity contribution in [1.82, 2.24) is 0 Å². The molecule has 12 heavy (non-hydrogen) atoms. The topological polar surface area (TPSA) is 20.2 Å². The molecule has 0 amide bonds. The minimum absolute atomic E-state index is 0.0944. The first kappa shape index (κ1) is 11.5. The molecule has 0 saturated carbocycles. The maximum atomic E-state index is 9.22. The molecule has 0 saturated heterocycles. The van der Waals surface area contributed by atoms with E-state index in [1.807, 2.05) is 6.92 Å². The SMILES string of the molecule is CCC(O)CCC#CC(C)(C)C. The van der Waals surface area contributed by atoms with Crippen LogP contribution in [0, 0.1) is 17.3 Å². The first-order valence-corrected chi connectivity index (χ1v) is 4.64. The molecule has 0 aliphatic heterocycles. The third-order valence-electron chi connectivity index (χ3n) is 1.54. The van der Waals surface area contributed by atoms with Crippen molar-refractivity contribution >= 4 is 0 Å². The van der Waals surface area contributed by atoms with Crippen LogP contribution in [0.3, 0.4) is 0 Å². The first-order chi connectivity index (χ1) is 5.45. The molecule has 0 aromatic carbocycles. The molecule has 0 spiro atoms.